The first-order chi connectivity index (χ1) is 8.47. The summed E-state index contributed by atoms with van der Waals surface area (Å²) in [7, 11) is 0. The van der Waals surface area contributed by atoms with Crippen molar-refractivity contribution >= 4 is 29.9 Å². The monoisotopic (exact) mass is 284 g/mol. The zero-order valence-corrected chi connectivity index (χ0v) is 12.0. The number of allylic oxidation sites excluding steroid dienone is 2. The van der Waals surface area contributed by atoms with Gasteiger partial charge in [0.05, 0.1) is 16.4 Å². The van der Waals surface area contributed by atoms with E-state index >= 15 is 0 Å². The first-order valence-electron chi connectivity index (χ1n) is 5.29. The highest BCUT2D eigenvalue weighted by Crippen LogP contribution is 2.25. The highest BCUT2D eigenvalue weighted by Gasteiger charge is 2.07. The predicted molar refractivity (Wildman–Crippen MR) is 76.6 cm³/mol. The fourth-order valence-electron chi connectivity index (χ4n) is 1.25. The Bertz CT molecular complexity index is 522. The van der Waals surface area contributed by atoms with Crippen molar-refractivity contribution in [2.75, 3.05) is 0 Å². The fraction of sp³-hybridized carbons (Fsp3) is 0.231. The molecule has 0 radical (unpaired) electrons. The minimum Gasteiger partial charge on any atom is -0.456 e. The van der Waals surface area contributed by atoms with E-state index in [1.54, 1.807) is 18.2 Å². The van der Waals surface area contributed by atoms with Crippen molar-refractivity contribution in [3.63, 3.8) is 0 Å². The molecule has 0 unspecified atom stereocenters. The maximum Gasteiger partial charge on any atom is 0.150 e. The SMILES string of the molecule is C=N/C(Cl)=C\C(=C/C)Oc1cc(Cl)c(C)nc1C. The van der Waals surface area contributed by atoms with Gasteiger partial charge in [-0.2, -0.15) is 0 Å². The zero-order chi connectivity index (χ0) is 13.7. The van der Waals surface area contributed by atoms with Crippen molar-refractivity contribution in [3.8, 4) is 5.75 Å². The van der Waals surface area contributed by atoms with Crippen LogP contribution in [0.25, 0.3) is 0 Å². The molecular formula is C13H14Cl2N2O. The number of aromatic nitrogens is 1. The second kappa shape index (κ2) is 6.57. The maximum atomic E-state index is 6.01. The van der Waals surface area contributed by atoms with Crippen LogP contribution in [0.2, 0.25) is 5.02 Å². The van der Waals surface area contributed by atoms with Crippen LogP contribution in [-0.4, -0.2) is 11.7 Å². The van der Waals surface area contributed by atoms with Gasteiger partial charge < -0.3 is 4.74 Å². The molecule has 1 heterocycles. The summed E-state index contributed by atoms with van der Waals surface area (Å²) >= 11 is 11.8. The van der Waals surface area contributed by atoms with Gasteiger partial charge in [0, 0.05) is 12.1 Å². The van der Waals surface area contributed by atoms with Crippen LogP contribution < -0.4 is 4.74 Å². The molecule has 1 aromatic heterocycles. The average Bonchev–Trinajstić information content (AvgIpc) is 2.34. The van der Waals surface area contributed by atoms with Crippen LogP contribution in [0.3, 0.4) is 0 Å². The fourth-order valence-corrected chi connectivity index (χ4v) is 1.50. The van der Waals surface area contributed by atoms with Gasteiger partial charge >= 0.3 is 0 Å². The van der Waals surface area contributed by atoms with E-state index in [-0.39, 0.29) is 5.16 Å². The Labute approximate surface area is 117 Å². The molecule has 0 spiro atoms. The number of aryl methyl sites for hydroxylation is 2. The third-order valence-electron chi connectivity index (χ3n) is 2.22. The van der Waals surface area contributed by atoms with Crippen molar-refractivity contribution in [2.45, 2.75) is 20.8 Å². The lowest BCUT2D eigenvalue weighted by atomic mass is 10.3. The van der Waals surface area contributed by atoms with Gasteiger partial charge in [-0.3, -0.25) is 9.98 Å². The summed E-state index contributed by atoms with van der Waals surface area (Å²) in [6.07, 6.45) is 3.34. The molecular weight excluding hydrogens is 271 g/mol. The number of rotatable bonds is 4. The Balaban J connectivity index is 3.03. The van der Waals surface area contributed by atoms with Crippen molar-refractivity contribution in [3.05, 3.63) is 45.5 Å². The highest BCUT2D eigenvalue weighted by atomic mass is 35.5. The van der Waals surface area contributed by atoms with E-state index in [9.17, 15) is 0 Å². The highest BCUT2D eigenvalue weighted by molar-refractivity contribution is 6.31. The molecule has 0 fully saturated rings. The van der Waals surface area contributed by atoms with E-state index < -0.39 is 0 Å². The Hall–Kier alpha value is -1.32. The van der Waals surface area contributed by atoms with E-state index in [0.29, 0.717) is 16.5 Å². The summed E-state index contributed by atoms with van der Waals surface area (Å²) in [6, 6.07) is 1.73. The van der Waals surface area contributed by atoms with Gasteiger partial charge in [0.25, 0.3) is 0 Å². The topological polar surface area (TPSA) is 34.5 Å². The molecule has 0 aliphatic rings. The quantitative estimate of drug-likeness (QED) is 0.355. The van der Waals surface area contributed by atoms with Gasteiger partial charge in [-0.1, -0.05) is 23.2 Å². The van der Waals surface area contributed by atoms with Crippen molar-refractivity contribution < 1.29 is 4.74 Å². The number of hydrogen-bond donors (Lipinski definition) is 0. The Morgan fingerprint density at radius 1 is 1.44 bits per heavy atom. The van der Waals surface area contributed by atoms with E-state index in [2.05, 4.69) is 16.7 Å². The molecule has 0 N–H and O–H groups in total. The summed E-state index contributed by atoms with van der Waals surface area (Å²) in [4.78, 5) is 7.87. The van der Waals surface area contributed by atoms with Crippen LogP contribution in [0.4, 0.5) is 0 Å². The molecule has 1 rings (SSSR count). The summed E-state index contributed by atoms with van der Waals surface area (Å²) < 4.78 is 5.67. The maximum absolute atomic E-state index is 6.01. The van der Waals surface area contributed by atoms with Gasteiger partial charge in [0.15, 0.2) is 0 Å². The lowest BCUT2D eigenvalue weighted by Crippen LogP contribution is -1.98. The first-order valence-corrected chi connectivity index (χ1v) is 6.05. The van der Waals surface area contributed by atoms with Gasteiger partial charge in [0.1, 0.15) is 16.7 Å². The number of halogens is 2. The number of hydrogen-bond acceptors (Lipinski definition) is 3. The van der Waals surface area contributed by atoms with E-state index in [1.165, 1.54) is 0 Å². The smallest absolute Gasteiger partial charge is 0.150 e. The summed E-state index contributed by atoms with van der Waals surface area (Å²) in [6.45, 7) is 8.85. The number of ether oxygens (including phenoxy) is 1. The molecule has 5 heteroatoms. The molecule has 1 aromatic rings. The molecule has 0 saturated carbocycles. The average molecular weight is 285 g/mol. The van der Waals surface area contributed by atoms with E-state index in [1.807, 2.05) is 20.8 Å². The van der Waals surface area contributed by atoms with E-state index in [4.69, 9.17) is 27.9 Å². The first kappa shape index (κ1) is 14.7. The van der Waals surface area contributed by atoms with Crippen LogP contribution in [0.15, 0.2) is 34.1 Å². The second-order valence-electron chi connectivity index (χ2n) is 3.56. The van der Waals surface area contributed by atoms with Crippen LogP contribution >= 0.6 is 23.2 Å². The van der Waals surface area contributed by atoms with Gasteiger partial charge in [-0.05, 0) is 33.6 Å². The standard InChI is InChI=1S/C13H14Cl2N2O/c1-5-10(6-13(15)16-4)18-12-7-11(14)8(2)17-9(12)3/h5-7H,4H2,1-3H3/b10-5+,13-6-. The normalized spacial score (nSPS) is 12.5. The number of pyridine rings is 1. The Morgan fingerprint density at radius 2 is 2.11 bits per heavy atom. The van der Waals surface area contributed by atoms with Crippen molar-refractivity contribution in [1.82, 2.24) is 4.98 Å². The Morgan fingerprint density at radius 3 is 2.67 bits per heavy atom. The predicted octanol–water partition coefficient (Wildman–Crippen LogP) is 4.42. The van der Waals surface area contributed by atoms with Crippen LogP contribution in [0.1, 0.15) is 18.3 Å². The van der Waals surface area contributed by atoms with E-state index in [0.717, 1.165) is 11.4 Å². The third-order valence-corrected chi connectivity index (χ3v) is 2.83. The number of nitrogens with zero attached hydrogens (tertiary/aromatic N) is 2. The molecule has 96 valence electrons. The largest absolute Gasteiger partial charge is 0.456 e. The molecule has 0 aliphatic carbocycles. The van der Waals surface area contributed by atoms with Gasteiger partial charge in [-0.15, -0.1) is 0 Å². The molecule has 0 saturated heterocycles. The van der Waals surface area contributed by atoms with Crippen LogP contribution in [0.5, 0.6) is 5.75 Å². The molecule has 3 nitrogen and oxygen atoms in total. The lowest BCUT2D eigenvalue weighted by molar-refractivity contribution is 0.437. The third kappa shape index (κ3) is 3.86. The van der Waals surface area contributed by atoms with Crippen molar-refractivity contribution in [1.29, 1.82) is 0 Å². The molecule has 0 amide bonds. The number of aliphatic imine (C=N–C) groups is 1. The molecule has 0 aliphatic heterocycles. The van der Waals surface area contributed by atoms with Gasteiger partial charge in [-0.25, -0.2) is 0 Å². The summed E-state index contributed by atoms with van der Waals surface area (Å²) in [5, 5.41) is 0.815. The molecule has 0 aromatic carbocycles. The molecule has 18 heavy (non-hydrogen) atoms. The minimum atomic E-state index is 0.256. The van der Waals surface area contributed by atoms with Gasteiger partial charge in [0.2, 0.25) is 0 Å². The zero-order valence-electron chi connectivity index (χ0n) is 10.5. The lowest BCUT2D eigenvalue weighted by Gasteiger charge is -2.10. The van der Waals surface area contributed by atoms with Crippen LogP contribution in [0, 0.1) is 13.8 Å². The summed E-state index contributed by atoms with van der Waals surface area (Å²) in [5.41, 5.74) is 1.53. The minimum absolute atomic E-state index is 0.256. The Kier molecular flexibility index (Phi) is 5.38. The molecule has 0 bridgehead atoms. The van der Waals surface area contributed by atoms with Crippen LogP contribution in [-0.2, 0) is 0 Å². The second-order valence-corrected chi connectivity index (χ2v) is 4.35. The molecule has 0 atom stereocenters. The summed E-state index contributed by atoms with van der Waals surface area (Å²) in [5.74, 6) is 1.14. The van der Waals surface area contributed by atoms with Crippen molar-refractivity contribution in [2.24, 2.45) is 4.99 Å².